The molecule has 0 aliphatic rings. The molecule has 0 amide bonds. The summed E-state index contributed by atoms with van der Waals surface area (Å²) < 4.78 is 37.1. The van der Waals surface area contributed by atoms with Crippen molar-refractivity contribution in [3.8, 4) is 0 Å². The van der Waals surface area contributed by atoms with Gasteiger partial charge in [-0.1, -0.05) is 0 Å². The number of carbonyl (C=O) groups is 1. The Morgan fingerprint density at radius 1 is 1.46 bits per heavy atom. The number of carbonyl (C=O) groups excluding carboxylic acids is 1. The van der Waals surface area contributed by atoms with Gasteiger partial charge in [0.05, 0.1) is 17.3 Å². The number of rotatable bonds is 2. The highest BCUT2D eigenvalue weighted by atomic mass is 35.5. The maximum absolute atomic E-state index is 12.8. The molecule has 0 bridgehead atoms. The van der Waals surface area contributed by atoms with Crippen molar-refractivity contribution >= 4 is 16.8 Å². The van der Waals surface area contributed by atoms with Gasteiger partial charge in [0.1, 0.15) is 0 Å². The van der Waals surface area contributed by atoms with E-state index in [9.17, 15) is 18.0 Å². The average molecular weight is 210 g/mol. The molecule has 2 nitrogen and oxygen atoms in total. The van der Waals surface area contributed by atoms with Crippen LogP contribution in [-0.4, -0.2) is 10.2 Å². The average Bonchev–Trinajstić information content (AvgIpc) is 2.02. The second kappa shape index (κ2) is 3.74. The summed E-state index contributed by atoms with van der Waals surface area (Å²) in [6, 6.07) is 0. The van der Waals surface area contributed by atoms with E-state index in [0.717, 1.165) is 0 Å². The van der Waals surface area contributed by atoms with Crippen molar-refractivity contribution < 1.29 is 18.0 Å². The van der Waals surface area contributed by atoms with Crippen molar-refractivity contribution in [1.82, 2.24) is 4.98 Å². The lowest BCUT2D eigenvalue weighted by molar-refractivity contribution is 0.106. The quantitative estimate of drug-likeness (QED) is 0.701. The molecule has 13 heavy (non-hydrogen) atoms. The van der Waals surface area contributed by atoms with Gasteiger partial charge in [0.25, 0.3) is 11.7 Å². The molecule has 6 heteroatoms. The van der Waals surface area contributed by atoms with Crippen LogP contribution in [0.5, 0.6) is 0 Å². The Morgan fingerprint density at radius 3 is 2.46 bits per heavy atom. The van der Waals surface area contributed by atoms with Gasteiger partial charge in [0.2, 0.25) is 0 Å². The zero-order chi connectivity index (χ0) is 10.0. The summed E-state index contributed by atoms with van der Waals surface area (Å²) in [5.41, 5.74) is -1.60. The fourth-order valence-electron chi connectivity index (χ4n) is 0.823. The van der Waals surface area contributed by atoms with Gasteiger partial charge in [0, 0.05) is 6.20 Å². The molecule has 0 saturated carbocycles. The minimum Gasteiger partial charge on any atom is -0.275 e. The van der Waals surface area contributed by atoms with Crippen LogP contribution < -0.4 is 0 Å². The Morgan fingerprint density at radius 2 is 2.08 bits per heavy atom. The highest BCUT2D eigenvalue weighted by Crippen LogP contribution is 2.24. The smallest absolute Gasteiger partial charge is 0.266 e. The van der Waals surface area contributed by atoms with Crippen molar-refractivity contribution in [3.05, 3.63) is 29.3 Å². The van der Waals surface area contributed by atoms with Crippen molar-refractivity contribution in [2.45, 2.75) is 6.43 Å². The minimum atomic E-state index is -2.97. The first kappa shape index (κ1) is 9.98. The molecule has 70 valence electrons. The lowest BCUT2D eigenvalue weighted by atomic mass is 10.1. The summed E-state index contributed by atoms with van der Waals surface area (Å²) in [5.74, 6) is -1.14. The van der Waals surface area contributed by atoms with Crippen molar-refractivity contribution in [2.24, 2.45) is 0 Å². The number of hydrogen-bond donors (Lipinski definition) is 0. The summed E-state index contributed by atoms with van der Waals surface area (Å²) in [5, 5.41) is -1.25. The van der Waals surface area contributed by atoms with Gasteiger partial charge in [-0.15, -0.1) is 0 Å². The van der Waals surface area contributed by atoms with E-state index >= 15 is 0 Å². The predicted octanol–water partition coefficient (Wildman–Crippen LogP) is 2.54. The van der Waals surface area contributed by atoms with Crippen LogP contribution in [0.1, 0.15) is 22.3 Å². The Labute approximate surface area is 76.3 Å². The molecule has 1 rings (SSSR count). The molecule has 1 heterocycles. The van der Waals surface area contributed by atoms with E-state index in [-0.39, 0.29) is 0 Å². The fraction of sp³-hybridized carbons (Fsp3) is 0.143. The first-order valence-corrected chi connectivity index (χ1v) is 3.53. The monoisotopic (exact) mass is 209 g/mol. The maximum atomic E-state index is 12.8. The Hall–Kier alpha value is -1.10. The zero-order valence-electron chi connectivity index (χ0n) is 6.10. The molecular weight excluding hydrogens is 207 g/mol. The molecule has 0 atom stereocenters. The van der Waals surface area contributed by atoms with Gasteiger partial charge in [-0.3, -0.25) is 9.78 Å². The predicted molar refractivity (Wildman–Crippen MR) is 39.3 cm³/mol. The highest BCUT2D eigenvalue weighted by molar-refractivity contribution is 6.67. The Kier molecular flexibility index (Phi) is 2.87. The summed E-state index contributed by atoms with van der Waals surface area (Å²) in [7, 11) is 0. The first-order valence-electron chi connectivity index (χ1n) is 3.15. The molecule has 0 radical (unpaired) electrons. The molecule has 0 unspecified atom stereocenters. The van der Waals surface area contributed by atoms with Gasteiger partial charge in [0.15, 0.2) is 5.82 Å². The molecular formula is C7H3ClF3NO. The molecule has 1 aromatic heterocycles. The van der Waals surface area contributed by atoms with Crippen LogP contribution in [0.4, 0.5) is 13.2 Å². The third kappa shape index (κ3) is 1.98. The van der Waals surface area contributed by atoms with Gasteiger partial charge in [-0.05, 0) is 11.6 Å². The van der Waals surface area contributed by atoms with Crippen LogP contribution in [0.25, 0.3) is 0 Å². The lowest BCUT2D eigenvalue weighted by Gasteiger charge is -2.03. The highest BCUT2D eigenvalue weighted by Gasteiger charge is 2.21. The molecule has 0 N–H and O–H groups in total. The normalized spacial score (nSPS) is 10.5. The van der Waals surface area contributed by atoms with Gasteiger partial charge >= 0.3 is 0 Å². The van der Waals surface area contributed by atoms with E-state index in [1.54, 1.807) is 0 Å². The number of pyridine rings is 1. The largest absolute Gasteiger partial charge is 0.275 e. The van der Waals surface area contributed by atoms with E-state index in [2.05, 4.69) is 4.98 Å². The number of aromatic nitrogens is 1. The van der Waals surface area contributed by atoms with Gasteiger partial charge in [-0.25, -0.2) is 13.2 Å². The second-order valence-electron chi connectivity index (χ2n) is 2.16. The molecule has 0 saturated heterocycles. The first-order chi connectivity index (χ1) is 6.04. The van der Waals surface area contributed by atoms with E-state index < -0.39 is 28.6 Å². The summed E-state index contributed by atoms with van der Waals surface area (Å²) in [4.78, 5) is 13.7. The molecule has 0 aliphatic carbocycles. The van der Waals surface area contributed by atoms with Crippen LogP contribution in [-0.2, 0) is 0 Å². The maximum Gasteiger partial charge on any atom is 0.266 e. The summed E-state index contributed by atoms with van der Waals surface area (Å²) >= 11 is 4.92. The molecule has 0 aliphatic heterocycles. The molecule has 0 aromatic carbocycles. The van der Waals surface area contributed by atoms with Crippen LogP contribution >= 0.6 is 11.6 Å². The van der Waals surface area contributed by atoms with Crippen molar-refractivity contribution in [3.63, 3.8) is 0 Å². The third-order valence-electron chi connectivity index (χ3n) is 1.36. The topological polar surface area (TPSA) is 30.0 Å². The SMILES string of the molecule is O=C(Cl)c1c(F)cncc1C(F)F. The van der Waals surface area contributed by atoms with Gasteiger partial charge in [-0.2, -0.15) is 0 Å². The number of hydrogen-bond acceptors (Lipinski definition) is 2. The molecule has 0 spiro atoms. The van der Waals surface area contributed by atoms with Crippen molar-refractivity contribution in [1.29, 1.82) is 0 Å². The van der Waals surface area contributed by atoms with E-state index in [1.807, 2.05) is 0 Å². The number of alkyl halides is 2. The molecule has 0 fully saturated rings. The number of nitrogens with zero attached hydrogens (tertiary/aromatic N) is 1. The van der Waals surface area contributed by atoms with Gasteiger partial charge < -0.3 is 0 Å². The van der Waals surface area contributed by atoms with Crippen LogP contribution in [0, 0.1) is 5.82 Å². The Balaban J connectivity index is 3.34. The zero-order valence-corrected chi connectivity index (χ0v) is 6.86. The number of halogens is 4. The third-order valence-corrected chi connectivity index (χ3v) is 1.55. The van der Waals surface area contributed by atoms with Crippen LogP contribution in [0.2, 0.25) is 0 Å². The van der Waals surface area contributed by atoms with Crippen LogP contribution in [0.3, 0.4) is 0 Å². The van der Waals surface area contributed by atoms with E-state index in [4.69, 9.17) is 11.6 Å². The Bertz CT molecular complexity index is 343. The molecule has 1 aromatic rings. The fourth-order valence-corrected chi connectivity index (χ4v) is 1.02. The lowest BCUT2D eigenvalue weighted by Crippen LogP contribution is -2.03. The standard InChI is InChI=1S/C7H3ClF3NO/c8-6(13)5-3(7(10)11)1-12-2-4(5)9/h1-2,7H. The van der Waals surface area contributed by atoms with E-state index in [1.165, 1.54) is 0 Å². The second-order valence-corrected chi connectivity index (χ2v) is 2.50. The van der Waals surface area contributed by atoms with Crippen molar-refractivity contribution in [2.75, 3.05) is 0 Å². The summed E-state index contributed by atoms with van der Waals surface area (Å²) in [6.07, 6.45) is -1.61. The minimum absolute atomic E-state index is 0.654. The van der Waals surface area contributed by atoms with Crippen LogP contribution in [0.15, 0.2) is 12.4 Å². The summed E-state index contributed by atoms with van der Waals surface area (Å²) in [6.45, 7) is 0. The van der Waals surface area contributed by atoms with E-state index in [0.29, 0.717) is 12.4 Å².